The van der Waals surface area contributed by atoms with Crippen molar-refractivity contribution in [3.63, 3.8) is 0 Å². The smallest absolute Gasteiger partial charge is 0.119 e. The van der Waals surface area contributed by atoms with Gasteiger partial charge in [0.2, 0.25) is 0 Å². The molecule has 2 N–H and O–H groups in total. The summed E-state index contributed by atoms with van der Waals surface area (Å²) >= 11 is 0. The average molecular weight is 419 g/mol. The van der Waals surface area contributed by atoms with E-state index in [1.54, 1.807) is 19.2 Å². The summed E-state index contributed by atoms with van der Waals surface area (Å²) in [6, 6.07) is 19.4. The second-order valence-corrected chi connectivity index (χ2v) is 10.3. The zero-order chi connectivity index (χ0) is 23.0. The van der Waals surface area contributed by atoms with Crippen molar-refractivity contribution >= 4 is 0 Å². The Hall–Kier alpha value is -2.94. The van der Waals surface area contributed by atoms with Crippen LogP contribution in [0.3, 0.4) is 0 Å². The molecule has 0 amide bonds. The van der Waals surface area contributed by atoms with Crippen LogP contribution in [0.5, 0.6) is 17.2 Å². The van der Waals surface area contributed by atoms with Gasteiger partial charge in [-0.3, -0.25) is 0 Å². The molecule has 0 aliphatic carbocycles. The molecule has 0 atom stereocenters. The second-order valence-electron chi connectivity index (χ2n) is 10.3. The van der Waals surface area contributed by atoms with Crippen LogP contribution in [0.2, 0.25) is 0 Å². The first-order valence-corrected chi connectivity index (χ1v) is 10.7. The molecule has 0 bridgehead atoms. The van der Waals surface area contributed by atoms with Crippen LogP contribution in [-0.4, -0.2) is 17.3 Å². The summed E-state index contributed by atoms with van der Waals surface area (Å²) < 4.78 is 5.34. The van der Waals surface area contributed by atoms with Gasteiger partial charge < -0.3 is 14.9 Å². The van der Waals surface area contributed by atoms with Crippen LogP contribution in [-0.2, 0) is 10.8 Å². The van der Waals surface area contributed by atoms with E-state index in [2.05, 4.69) is 53.7 Å². The molecule has 3 rings (SSSR count). The lowest BCUT2D eigenvalue weighted by Crippen LogP contribution is -2.14. The number of benzene rings is 3. The molecule has 0 saturated heterocycles. The molecule has 3 nitrogen and oxygen atoms in total. The summed E-state index contributed by atoms with van der Waals surface area (Å²) in [5.41, 5.74) is 4.65. The lowest BCUT2D eigenvalue weighted by molar-refractivity contribution is 0.414. The molecule has 3 heteroatoms. The molecule has 0 aromatic heterocycles. The maximum Gasteiger partial charge on any atom is 0.119 e. The fraction of sp³-hybridized carbons (Fsp3) is 0.357. The van der Waals surface area contributed by atoms with E-state index in [0.29, 0.717) is 0 Å². The van der Waals surface area contributed by atoms with Gasteiger partial charge in [0.05, 0.1) is 7.11 Å². The molecule has 0 saturated carbocycles. The van der Waals surface area contributed by atoms with Gasteiger partial charge in [-0.2, -0.15) is 0 Å². The standard InChI is InChI=1S/C28H34O3/c1-27(2,3)19-10-14-24(29)22(16-19)26(18-8-12-21(31-7)13-9-18)23-17-20(28(4,5)6)11-15-25(23)30/h8-17,26,29-30H,1-7H3. The topological polar surface area (TPSA) is 49.7 Å². The minimum absolute atomic E-state index is 0.0673. The number of aromatic hydroxyl groups is 2. The second kappa shape index (κ2) is 8.30. The minimum atomic E-state index is -0.324. The van der Waals surface area contributed by atoms with E-state index in [9.17, 15) is 10.2 Å². The highest BCUT2D eigenvalue weighted by molar-refractivity contribution is 5.55. The number of hydrogen-bond donors (Lipinski definition) is 2. The summed E-state index contributed by atoms with van der Waals surface area (Å²) in [4.78, 5) is 0. The molecule has 0 aliphatic heterocycles. The van der Waals surface area contributed by atoms with E-state index in [-0.39, 0.29) is 28.2 Å². The molecule has 0 fully saturated rings. The van der Waals surface area contributed by atoms with Crippen LogP contribution in [0.15, 0.2) is 60.7 Å². The van der Waals surface area contributed by atoms with Gasteiger partial charge in [0.15, 0.2) is 0 Å². The molecule has 3 aromatic rings. The highest BCUT2D eigenvalue weighted by Gasteiger charge is 2.27. The van der Waals surface area contributed by atoms with Crippen LogP contribution in [0.25, 0.3) is 0 Å². The van der Waals surface area contributed by atoms with Gasteiger partial charge in [-0.1, -0.05) is 77.9 Å². The van der Waals surface area contributed by atoms with Crippen molar-refractivity contribution < 1.29 is 14.9 Å². The molecular weight excluding hydrogens is 384 g/mol. The Morgan fingerprint density at radius 2 is 1.06 bits per heavy atom. The number of rotatable bonds is 4. The highest BCUT2D eigenvalue weighted by Crippen LogP contribution is 2.43. The molecule has 0 heterocycles. The fourth-order valence-corrected chi connectivity index (χ4v) is 3.83. The minimum Gasteiger partial charge on any atom is -0.508 e. The lowest BCUT2D eigenvalue weighted by atomic mass is 9.78. The quantitative estimate of drug-likeness (QED) is 0.454. The SMILES string of the molecule is COc1ccc(C(c2cc(C(C)(C)C)ccc2O)c2cc(C(C)(C)C)ccc2O)cc1. The molecule has 0 spiro atoms. The first-order valence-electron chi connectivity index (χ1n) is 10.7. The molecule has 0 radical (unpaired) electrons. The van der Waals surface area contributed by atoms with E-state index in [1.165, 1.54) is 0 Å². The van der Waals surface area contributed by atoms with Crippen molar-refractivity contribution in [2.45, 2.75) is 58.3 Å². The van der Waals surface area contributed by atoms with Crippen LogP contribution in [0, 0.1) is 0 Å². The van der Waals surface area contributed by atoms with Crippen molar-refractivity contribution in [2.24, 2.45) is 0 Å². The highest BCUT2D eigenvalue weighted by atomic mass is 16.5. The predicted octanol–water partition coefficient (Wildman–Crippen LogP) is 6.88. The van der Waals surface area contributed by atoms with Gasteiger partial charge in [-0.05, 0) is 51.8 Å². The molecule has 0 aliphatic rings. The summed E-state index contributed by atoms with van der Waals surface area (Å²) in [6.45, 7) is 12.9. The third-order valence-corrected chi connectivity index (χ3v) is 5.86. The van der Waals surface area contributed by atoms with Gasteiger partial charge >= 0.3 is 0 Å². The van der Waals surface area contributed by atoms with Crippen molar-refractivity contribution in [2.75, 3.05) is 7.11 Å². The Kier molecular flexibility index (Phi) is 6.09. The van der Waals surface area contributed by atoms with Gasteiger partial charge in [-0.15, -0.1) is 0 Å². The fourth-order valence-electron chi connectivity index (χ4n) is 3.83. The predicted molar refractivity (Wildman–Crippen MR) is 128 cm³/mol. The van der Waals surface area contributed by atoms with Crippen LogP contribution in [0.4, 0.5) is 0 Å². The molecule has 0 unspecified atom stereocenters. The van der Waals surface area contributed by atoms with E-state index >= 15 is 0 Å². The van der Waals surface area contributed by atoms with Gasteiger partial charge in [0.25, 0.3) is 0 Å². The Morgan fingerprint density at radius 3 is 1.42 bits per heavy atom. The summed E-state index contributed by atoms with van der Waals surface area (Å²) in [5.74, 6) is 0.877. The maximum absolute atomic E-state index is 10.9. The van der Waals surface area contributed by atoms with Crippen LogP contribution < -0.4 is 4.74 Å². The van der Waals surface area contributed by atoms with Crippen molar-refractivity contribution in [3.05, 3.63) is 88.5 Å². The summed E-state index contributed by atoms with van der Waals surface area (Å²) in [6.07, 6.45) is 0. The number of phenolic OH excluding ortho intramolecular Hbond substituents is 2. The molecule has 31 heavy (non-hydrogen) atoms. The van der Waals surface area contributed by atoms with E-state index in [4.69, 9.17) is 4.74 Å². The van der Waals surface area contributed by atoms with Crippen molar-refractivity contribution in [1.82, 2.24) is 0 Å². The molecule has 3 aromatic carbocycles. The number of ether oxygens (including phenoxy) is 1. The Balaban J connectivity index is 2.30. The zero-order valence-electron chi connectivity index (χ0n) is 19.7. The summed E-state index contributed by atoms with van der Waals surface area (Å²) in [5, 5.41) is 21.8. The van der Waals surface area contributed by atoms with Crippen molar-refractivity contribution in [3.8, 4) is 17.2 Å². The van der Waals surface area contributed by atoms with Crippen LogP contribution in [0.1, 0.15) is 75.3 Å². The first kappa shape index (κ1) is 22.7. The monoisotopic (exact) mass is 418 g/mol. The Morgan fingerprint density at radius 1 is 0.645 bits per heavy atom. The first-order chi connectivity index (χ1) is 14.4. The number of hydrogen-bond acceptors (Lipinski definition) is 3. The van der Waals surface area contributed by atoms with E-state index in [1.807, 2.05) is 36.4 Å². The van der Waals surface area contributed by atoms with Gasteiger partial charge in [0.1, 0.15) is 17.2 Å². The van der Waals surface area contributed by atoms with Crippen molar-refractivity contribution in [1.29, 1.82) is 0 Å². The lowest BCUT2D eigenvalue weighted by Gasteiger charge is -2.27. The summed E-state index contributed by atoms with van der Waals surface area (Å²) in [7, 11) is 1.64. The average Bonchev–Trinajstić information content (AvgIpc) is 2.69. The maximum atomic E-state index is 10.9. The normalized spacial score (nSPS) is 12.3. The Bertz CT molecular complexity index is 988. The van der Waals surface area contributed by atoms with E-state index < -0.39 is 0 Å². The third-order valence-electron chi connectivity index (χ3n) is 5.86. The molecular formula is C28H34O3. The van der Waals surface area contributed by atoms with Gasteiger partial charge in [0, 0.05) is 17.0 Å². The zero-order valence-corrected chi connectivity index (χ0v) is 19.7. The Labute approximate surface area is 186 Å². The molecule has 164 valence electrons. The number of methoxy groups -OCH3 is 1. The third kappa shape index (κ3) is 4.87. The van der Waals surface area contributed by atoms with E-state index in [0.717, 1.165) is 33.6 Å². The largest absolute Gasteiger partial charge is 0.508 e. The van der Waals surface area contributed by atoms with Crippen LogP contribution >= 0.6 is 0 Å². The van der Waals surface area contributed by atoms with Gasteiger partial charge in [-0.25, -0.2) is 0 Å². The number of phenols is 2.